The molecule has 0 unspecified atom stereocenters. The quantitative estimate of drug-likeness (QED) is 0.573. The molecule has 0 radical (unpaired) electrons. The van der Waals surface area contributed by atoms with Crippen LogP contribution < -0.4 is 0 Å². The van der Waals surface area contributed by atoms with Crippen molar-refractivity contribution in [2.45, 2.75) is 10.2 Å². The highest BCUT2D eigenvalue weighted by atomic mass is 79.9. The predicted molar refractivity (Wildman–Crippen MR) is 75.7 cm³/mol. The van der Waals surface area contributed by atoms with Crippen LogP contribution in [0.2, 0.25) is 0 Å². The number of alkyl halides is 2. The summed E-state index contributed by atoms with van der Waals surface area (Å²) in [4.78, 5) is 12.1. The average Bonchev–Trinajstić information content (AvgIpc) is 2.41. The van der Waals surface area contributed by atoms with Gasteiger partial charge >= 0.3 is 5.25 Å². The van der Waals surface area contributed by atoms with Gasteiger partial charge in [0.2, 0.25) is 5.78 Å². The second kappa shape index (κ2) is 5.84. The van der Waals surface area contributed by atoms with E-state index in [1.165, 1.54) is 12.1 Å². The first-order chi connectivity index (χ1) is 8.99. The molecule has 98 valence electrons. The summed E-state index contributed by atoms with van der Waals surface area (Å²) in [5, 5.41) is -3.48. The lowest BCUT2D eigenvalue weighted by molar-refractivity contribution is 0.0567. The summed E-state index contributed by atoms with van der Waals surface area (Å²) in [6, 6.07) is 14.0. The van der Waals surface area contributed by atoms with Gasteiger partial charge in [-0.05, 0) is 36.0 Å². The third kappa shape index (κ3) is 3.64. The Labute approximate surface area is 122 Å². The summed E-state index contributed by atoms with van der Waals surface area (Å²) >= 11 is 3.48. The van der Waals surface area contributed by atoms with Crippen LogP contribution >= 0.6 is 27.7 Å². The van der Waals surface area contributed by atoms with E-state index in [4.69, 9.17) is 0 Å². The van der Waals surface area contributed by atoms with Gasteiger partial charge in [0, 0.05) is 14.9 Å². The third-order valence-electron chi connectivity index (χ3n) is 2.36. The first-order valence-electron chi connectivity index (χ1n) is 5.41. The van der Waals surface area contributed by atoms with Gasteiger partial charge in [0.25, 0.3) is 0 Å². The molecule has 0 saturated heterocycles. The normalized spacial score (nSPS) is 11.3. The van der Waals surface area contributed by atoms with E-state index in [1.807, 2.05) is 0 Å². The number of halogens is 3. The average molecular weight is 343 g/mol. The van der Waals surface area contributed by atoms with Gasteiger partial charge < -0.3 is 0 Å². The standard InChI is InChI=1S/C14H9BrF2OS/c15-11-6-8-12(9-7-11)19-14(16,17)13(18)10-4-2-1-3-5-10/h1-9H. The summed E-state index contributed by atoms with van der Waals surface area (Å²) in [5.74, 6) is -1.18. The highest BCUT2D eigenvalue weighted by Crippen LogP contribution is 2.38. The molecule has 1 nitrogen and oxygen atoms in total. The van der Waals surface area contributed by atoms with Crippen LogP contribution in [0, 0.1) is 0 Å². The number of benzene rings is 2. The molecule has 0 aromatic heterocycles. The Morgan fingerprint density at radius 2 is 1.58 bits per heavy atom. The highest BCUT2D eigenvalue weighted by molar-refractivity contribution is 9.10. The lowest BCUT2D eigenvalue weighted by atomic mass is 10.1. The molecular formula is C14H9BrF2OS. The zero-order chi connectivity index (χ0) is 13.9. The Balaban J connectivity index is 2.18. The Morgan fingerprint density at radius 1 is 1.00 bits per heavy atom. The van der Waals surface area contributed by atoms with Gasteiger partial charge in [-0.25, -0.2) is 0 Å². The van der Waals surface area contributed by atoms with Crippen molar-refractivity contribution in [3.05, 3.63) is 64.6 Å². The monoisotopic (exact) mass is 342 g/mol. The number of thioether (sulfide) groups is 1. The summed E-state index contributed by atoms with van der Waals surface area (Å²) in [5.41, 5.74) is 0.0112. The number of hydrogen-bond donors (Lipinski definition) is 0. The van der Waals surface area contributed by atoms with Crippen molar-refractivity contribution in [1.29, 1.82) is 0 Å². The smallest absolute Gasteiger partial charge is 0.286 e. The molecule has 0 aliphatic heterocycles. The molecule has 5 heteroatoms. The molecule has 0 fully saturated rings. The molecule has 2 aromatic carbocycles. The van der Waals surface area contributed by atoms with Crippen molar-refractivity contribution in [2.24, 2.45) is 0 Å². The number of carbonyl (C=O) groups is 1. The second-order valence-corrected chi connectivity index (χ2v) is 5.87. The second-order valence-electron chi connectivity index (χ2n) is 3.77. The van der Waals surface area contributed by atoms with Crippen LogP contribution in [0.1, 0.15) is 10.4 Å². The Morgan fingerprint density at radius 3 is 2.16 bits per heavy atom. The zero-order valence-electron chi connectivity index (χ0n) is 9.65. The van der Waals surface area contributed by atoms with Gasteiger partial charge in [0.15, 0.2) is 0 Å². The molecule has 0 aliphatic rings. The van der Waals surface area contributed by atoms with Crippen LogP contribution in [0.5, 0.6) is 0 Å². The number of Topliss-reactive ketones (excluding diaryl/α,β-unsaturated/α-hetero) is 1. The zero-order valence-corrected chi connectivity index (χ0v) is 12.0. The van der Waals surface area contributed by atoms with E-state index < -0.39 is 11.0 Å². The van der Waals surface area contributed by atoms with Crippen molar-refractivity contribution in [3.63, 3.8) is 0 Å². The molecule has 19 heavy (non-hydrogen) atoms. The predicted octanol–water partition coefficient (Wildman–Crippen LogP) is 5.02. The van der Waals surface area contributed by atoms with Gasteiger partial charge in [0.05, 0.1) is 0 Å². The molecule has 0 spiro atoms. The lowest BCUT2D eigenvalue weighted by Gasteiger charge is -2.14. The molecule has 0 amide bonds. The summed E-state index contributed by atoms with van der Waals surface area (Å²) in [6.07, 6.45) is 0. The van der Waals surface area contributed by atoms with Crippen molar-refractivity contribution >= 4 is 33.5 Å². The molecule has 0 aliphatic carbocycles. The third-order valence-corrected chi connectivity index (χ3v) is 3.84. The van der Waals surface area contributed by atoms with Crippen LogP contribution in [0.15, 0.2) is 64.0 Å². The van der Waals surface area contributed by atoms with E-state index in [1.54, 1.807) is 42.5 Å². The summed E-state index contributed by atoms with van der Waals surface area (Å²) in [6.45, 7) is 0. The molecule has 0 atom stereocenters. The van der Waals surface area contributed by atoms with E-state index in [2.05, 4.69) is 15.9 Å². The van der Waals surface area contributed by atoms with Crippen molar-refractivity contribution in [3.8, 4) is 0 Å². The van der Waals surface area contributed by atoms with Gasteiger partial charge in [-0.2, -0.15) is 8.78 Å². The van der Waals surface area contributed by atoms with E-state index >= 15 is 0 Å². The van der Waals surface area contributed by atoms with Gasteiger partial charge in [0.1, 0.15) is 0 Å². The van der Waals surface area contributed by atoms with Crippen LogP contribution in [0.3, 0.4) is 0 Å². The molecule has 0 N–H and O–H groups in total. The first kappa shape index (κ1) is 14.2. The van der Waals surface area contributed by atoms with Crippen LogP contribution in [0.4, 0.5) is 8.78 Å². The van der Waals surface area contributed by atoms with E-state index in [0.29, 0.717) is 4.90 Å². The molecule has 2 aromatic rings. The molecule has 0 bridgehead atoms. The largest absolute Gasteiger partial charge is 0.360 e. The minimum atomic E-state index is -3.48. The van der Waals surface area contributed by atoms with Crippen molar-refractivity contribution in [1.82, 2.24) is 0 Å². The topological polar surface area (TPSA) is 17.1 Å². The van der Waals surface area contributed by atoms with E-state index in [-0.39, 0.29) is 17.3 Å². The van der Waals surface area contributed by atoms with Gasteiger partial charge in [-0.3, -0.25) is 4.79 Å². The molecule has 0 heterocycles. The minimum Gasteiger partial charge on any atom is -0.286 e. The fraction of sp³-hybridized carbons (Fsp3) is 0.0714. The van der Waals surface area contributed by atoms with Crippen molar-refractivity contribution < 1.29 is 13.6 Å². The molecular weight excluding hydrogens is 334 g/mol. The summed E-state index contributed by atoms with van der Waals surface area (Å²) in [7, 11) is 0. The number of rotatable bonds is 4. The summed E-state index contributed by atoms with van der Waals surface area (Å²) < 4.78 is 28.6. The number of carbonyl (C=O) groups excluding carboxylic acids is 1. The highest BCUT2D eigenvalue weighted by Gasteiger charge is 2.40. The van der Waals surface area contributed by atoms with E-state index in [0.717, 1.165) is 4.47 Å². The maximum absolute atomic E-state index is 13.9. The SMILES string of the molecule is O=C(c1ccccc1)C(F)(F)Sc1ccc(Br)cc1. The number of ketones is 1. The fourth-order valence-electron chi connectivity index (χ4n) is 1.45. The van der Waals surface area contributed by atoms with E-state index in [9.17, 15) is 13.6 Å². The van der Waals surface area contributed by atoms with Crippen LogP contribution in [0.25, 0.3) is 0 Å². The van der Waals surface area contributed by atoms with Gasteiger partial charge in [-0.1, -0.05) is 46.3 Å². The Kier molecular flexibility index (Phi) is 4.37. The van der Waals surface area contributed by atoms with Crippen LogP contribution in [-0.2, 0) is 0 Å². The Bertz CT molecular complexity index is 570. The van der Waals surface area contributed by atoms with Crippen molar-refractivity contribution in [2.75, 3.05) is 0 Å². The number of hydrogen-bond acceptors (Lipinski definition) is 2. The van der Waals surface area contributed by atoms with Crippen LogP contribution in [-0.4, -0.2) is 11.0 Å². The minimum absolute atomic E-state index is 0.0112. The maximum atomic E-state index is 13.9. The molecule has 2 rings (SSSR count). The molecule has 0 saturated carbocycles. The Hall–Kier alpha value is -1.20. The fourth-order valence-corrected chi connectivity index (χ4v) is 2.50. The van der Waals surface area contributed by atoms with Gasteiger partial charge in [-0.15, -0.1) is 0 Å². The lowest BCUT2D eigenvalue weighted by Crippen LogP contribution is -2.24. The first-order valence-corrected chi connectivity index (χ1v) is 7.02. The maximum Gasteiger partial charge on any atom is 0.360 e.